The summed E-state index contributed by atoms with van der Waals surface area (Å²) in [5.41, 5.74) is 4.61. The molecule has 0 fully saturated rings. The van der Waals surface area contributed by atoms with Gasteiger partial charge in [0.15, 0.2) is 5.82 Å². The number of hydrogen-bond acceptors (Lipinski definition) is 6. The molecular formula is C20H25ClN4OS. The summed E-state index contributed by atoms with van der Waals surface area (Å²) in [4.78, 5) is 10.9. The minimum absolute atomic E-state index is 0. The molecule has 0 amide bonds. The van der Waals surface area contributed by atoms with Gasteiger partial charge in [0.05, 0.1) is 0 Å². The predicted octanol–water partition coefficient (Wildman–Crippen LogP) is 4.93. The van der Waals surface area contributed by atoms with Gasteiger partial charge in [0.2, 0.25) is 0 Å². The number of rotatable bonds is 7. The Morgan fingerprint density at radius 3 is 2.70 bits per heavy atom. The van der Waals surface area contributed by atoms with E-state index in [1.165, 1.54) is 22.7 Å². The van der Waals surface area contributed by atoms with Gasteiger partial charge in [-0.25, -0.2) is 0 Å². The summed E-state index contributed by atoms with van der Waals surface area (Å²) in [6.07, 6.45) is 4.53. The average molecular weight is 405 g/mol. The summed E-state index contributed by atoms with van der Waals surface area (Å²) in [6.45, 7) is 8.51. The van der Waals surface area contributed by atoms with Crippen LogP contribution in [0.15, 0.2) is 36.7 Å². The largest absolute Gasteiger partial charge is 0.430 e. The Hall–Kier alpha value is -2.02. The van der Waals surface area contributed by atoms with E-state index in [4.69, 9.17) is 4.74 Å². The third-order valence-corrected chi connectivity index (χ3v) is 5.06. The minimum atomic E-state index is 0. The number of ether oxygens (including phenoxy) is 1. The van der Waals surface area contributed by atoms with Crippen LogP contribution in [0.1, 0.15) is 23.6 Å². The second-order valence-electron chi connectivity index (χ2n) is 6.42. The predicted molar refractivity (Wildman–Crippen MR) is 113 cm³/mol. The molecule has 27 heavy (non-hydrogen) atoms. The summed E-state index contributed by atoms with van der Waals surface area (Å²) in [7, 11) is 2.15. The second kappa shape index (κ2) is 9.78. The fourth-order valence-corrected chi connectivity index (χ4v) is 3.22. The summed E-state index contributed by atoms with van der Waals surface area (Å²) >= 11 is 1.26. The van der Waals surface area contributed by atoms with Gasteiger partial charge >= 0.3 is 0 Å². The lowest BCUT2D eigenvalue weighted by Crippen LogP contribution is -2.20. The smallest absolute Gasteiger partial charge is 0.299 e. The number of aromatic nitrogens is 3. The van der Waals surface area contributed by atoms with Gasteiger partial charge in [-0.05, 0) is 68.8 Å². The van der Waals surface area contributed by atoms with Gasteiger partial charge in [-0.1, -0.05) is 13.0 Å². The van der Waals surface area contributed by atoms with E-state index in [0.717, 1.165) is 36.4 Å². The first kappa shape index (κ1) is 21.3. The van der Waals surface area contributed by atoms with E-state index in [0.29, 0.717) is 11.0 Å². The molecule has 0 spiro atoms. The van der Waals surface area contributed by atoms with Crippen molar-refractivity contribution in [3.8, 4) is 22.3 Å². The molecule has 0 N–H and O–H groups in total. The van der Waals surface area contributed by atoms with Crippen LogP contribution < -0.4 is 4.74 Å². The molecule has 0 aliphatic rings. The van der Waals surface area contributed by atoms with E-state index in [1.807, 2.05) is 12.1 Å². The standard InChI is InChI=1S/C20H24N4OS.ClH/c1-5-24(4)10-8-16-11-15(3)18(12-14(16)2)25-20-22-19(23-26-20)17-7-6-9-21-13-17;/h6-7,9,11-13H,5,8,10H2,1-4H3;1H. The van der Waals surface area contributed by atoms with E-state index in [1.54, 1.807) is 12.4 Å². The highest BCUT2D eigenvalue weighted by Crippen LogP contribution is 2.30. The number of halogens is 1. The van der Waals surface area contributed by atoms with Crippen LogP contribution in [0.4, 0.5) is 0 Å². The molecule has 0 saturated carbocycles. The molecule has 0 bridgehead atoms. The number of likely N-dealkylation sites (N-methyl/N-ethyl adjacent to an activating group) is 1. The lowest BCUT2D eigenvalue weighted by molar-refractivity contribution is 0.357. The Bertz CT molecular complexity index is 870. The molecule has 3 aromatic rings. The van der Waals surface area contributed by atoms with Crippen molar-refractivity contribution >= 4 is 23.9 Å². The molecule has 5 nitrogen and oxygen atoms in total. The van der Waals surface area contributed by atoms with Crippen LogP contribution >= 0.6 is 23.9 Å². The van der Waals surface area contributed by atoms with Crippen LogP contribution in [-0.2, 0) is 6.42 Å². The van der Waals surface area contributed by atoms with Gasteiger partial charge < -0.3 is 9.64 Å². The lowest BCUT2D eigenvalue weighted by Gasteiger charge is -2.16. The highest BCUT2D eigenvalue weighted by Gasteiger charge is 2.12. The number of hydrogen-bond donors (Lipinski definition) is 0. The fraction of sp³-hybridized carbons (Fsp3) is 0.350. The van der Waals surface area contributed by atoms with Gasteiger partial charge in [-0.3, -0.25) is 4.98 Å². The Morgan fingerprint density at radius 1 is 1.19 bits per heavy atom. The van der Waals surface area contributed by atoms with Crippen LogP contribution in [0.2, 0.25) is 0 Å². The maximum Gasteiger partial charge on any atom is 0.299 e. The lowest BCUT2D eigenvalue weighted by atomic mass is 10.0. The number of pyridine rings is 1. The molecule has 2 aromatic heterocycles. The third kappa shape index (κ3) is 5.48. The number of benzene rings is 1. The highest BCUT2D eigenvalue weighted by atomic mass is 35.5. The van der Waals surface area contributed by atoms with Crippen LogP contribution in [0, 0.1) is 13.8 Å². The molecule has 0 radical (unpaired) electrons. The van der Waals surface area contributed by atoms with Gasteiger partial charge in [0.1, 0.15) is 5.75 Å². The Kier molecular flexibility index (Phi) is 7.71. The van der Waals surface area contributed by atoms with Crippen molar-refractivity contribution in [2.75, 3.05) is 20.1 Å². The third-order valence-electron chi connectivity index (χ3n) is 4.46. The number of aryl methyl sites for hydroxylation is 2. The SMILES string of the molecule is CCN(C)CCc1cc(C)c(Oc2nc(-c3cccnc3)ns2)cc1C.Cl. The molecule has 0 aliphatic heterocycles. The first-order valence-electron chi connectivity index (χ1n) is 8.77. The van der Waals surface area contributed by atoms with Gasteiger partial charge in [-0.15, -0.1) is 12.4 Å². The molecule has 3 rings (SSSR count). The van der Waals surface area contributed by atoms with Crippen LogP contribution in [0.3, 0.4) is 0 Å². The van der Waals surface area contributed by atoms with E-state index in [-0.39, 0.29) is 12.4 Å². The molecule has 0 saturated heterocycles. The van der Waals surface area contributed by atoms with Crippen LogP contribution in [-0.4, -0.2) is 39.4 Å². The van der Waals surface area contributed by atoms with Gasteiger partial charge in [-0.2, -0.15) is 9.36 Å². The second-order valence-corrected chi connectivity index (χ2v) is 7.13. The summed E-state index contributed by atoms with van der Waals surface area (Å²) in [6, 6.07) is 8.13. The average Bonchev–Trinajstić information content (AvgIpc) is 3.12. The summed E-state index contributed by atoms with van der Waals surface area (Å²) in [5.74, 6) is 1.48. The van der Waals surface area contributed by atoms with Crippen molar-refractivity contribution in [3.05, 3.63) is 53.3 Å². The first-order valence-corrected chi connectivity index (χ1v) is 9.54. The number of nitrogens with zero attached hydrogens (tertiary/aromatic N) is 4. The zero-order valence-corrected chi connectivity index (χ0v) is 17.7. The maximum absolute atomic E-state index is 6.01. The molecule has 7 heteroatoms. The summed E-state index contributed by atoms with van der Waals surface area (Å²) in [5, 5.41) is 0.546. The first-order chi connectivity index (χ1) is 12.6. The van der Waals surface area contributed by atoms with Crippen LogP contribution in [0.5, 0.6) is 10.9 Å². The van der Waals surface area contributed by atoms with E-state index >= 15 is 0 Å². The molecular weight excluding hydrogens is 380 g/mol. The molecule has 2 heterocycles. The van der Waals surface area contributed by atoms with Crippen molar-refractivity contribution in [1.82, 2.24) is 19.2 Å². The normalized spacial score (nSPS) is 10.7. The zero-order valence-electron chi connectivity index (χ0n) is 16.1. The molecule has 0 atom stereocenters. The van der Waals surface area contributed by atoms with Gasteiger partial charge in [0, 0.05) is 36.0 Å². The van der Waals surface area contributed by atoms with Crippen molar-refractivity contribution in [2.45, 2.75) is 27.2 Å². The molecule has 0 unspecified atom stereocenters. The zero-order chi connectivity index (χ0) is 18.5. The fourth-order valence-electron chi connectivity index (χ4n) is 2.66. The Labute approximate surface area is 171 Å². The van der Waals surface area contributed by atoms with Crippen molar-refractivity contribution < 1.29 is 4.74 Å². The van der Waals surface area contributed by atoms with E-state index in [2.05, 4.69) is 59.2 Å². The molecule has 1 aromatic carbocycles. The highest BCUT2D eigenvalue weighted by molar-refractivity contribution is 7.07. The van der Waals surface area contributed by atoms with Crippen molar-refractivity contribution in [1.29, 1.82) is 0 Å². The Morgan fingerprint density at radius 2 is 2.00 bits per heavy atom. The molecule has 0 aliphatic carbocycles. The summed E-state index contributed by atoms with van der Waals surface area (Å²) < 4.78 is 10.4. The molecule has 144 valence electrons. The van der Waals surface area contributed by atoms with Gasteiger partial charge in [0.25, 0.3) is 5.19 Å². The van der Waals surface area contributed by atoms with E-state index in [9.17, 15) is 0 Å². The topological polar surface area (TPSA) is 51.1 Å². The van der Waals surface area contributed by atoms with Crippen LogP contribution in [0.25, 0.3) is 11.4 Å². The minimum Gasteiger partial charge on any atom is -0.430 e. The quantitative estimate of drug-likeness (QED) is 0.559. The Balaban J connectivity index is 0.00000261. The monoisotopic (exact) mass is 404 g/mol. The maximum atomic E-state index is 6.01. The van der Waals surface area contributed by atoms with Crippen molar-refractivity contribution in [3.63, 3.8) is 0 Å². The van der Waals surface area contributed by atoms with Crippen molar-refractivity contribution in [2.24, 2.45) is 0 Å². The van der Waals surface area contributed by atoms with E-state index < -0.39 is 0 Å².